The Morgan fingerprint density at radius 2 is 2.10 bits per heavy atom. The highest BCUT2D eigenvalue weighted by molar-refractivity contribution is 6.31. The van der Waals surface area contributed by atoms with Crippen molar-refractivity contribution in [3.8, 4) is 11.6 Å². The van der Waals surface area contributed by atoms with Crippen LogP contribution in [0.2, 0.25) is 5.02 Å². The third kappa shape index (κ3) is 4.62. The number of nitrogens with one attached hydrogen (secondary N) is 1. The van der Waals surface area contributed by atoms with Gasteiger partial charge in [-0.1, -0.05) is 30.7 Å². The summed E-state index contributed by atoms with van der Waals surface area (Å²) < 4.78 is 10.9. The summed E-state index contributed by atoms with van der Waals surface area (Å²) in [6.45, 7) is 3.97. The summed E-state index contributed by atoms with van der Waals surface area (Å²) in [7, 11) is 1.65. The first kappa shape index (κ1) is 15.6. The molecule has 0 fully saturated rings. The van der Waals surface area contributed by atoms with Crippen LogP contribution in [0.4, 0.5) is 0 Å². The minimum atomic E-state index is 0.437. The lowest BCUT2D eigenvalue weighted by atomic mass is 10.2. The van der Waals surface area contributed by atoms with E-state index in [1.807, 2.05) is 37.3 Å². The molecule has 4 nitrogen and oxygen atoms in total. The van der Waals surface area contributed by atoms with E-state index in [9.17, 15) is 0 Å². The molecule has 21 heavy (non-hydrogen) atoms. The minimum absolute atomic E-state index is 0.437. The second-order valence-corrected chi connectivity index (χ2v) is 4.91. The van der Waals surface area contributed by atoms with E-state index in [2.05, 4.69) is 10.3 Å². The predicted octanol–water partition coefficient (Wildman–Crippen LogP) is 3.43. The van der Waals surface area contributed by atoms with Gasteiger partial charge in [-0.2, -0.15) is 0 Å². The smallest absolute Gasteiger partial charge is 0.213 e. The number of hydrogen-bond donors (Lipinski definition) is 1. The zero-order valence-corrected chi connectivity index (χ0v) is 13.0. The first-order valence-electron chi connectivity index (χ1n) is 6.84. The highest BCUT2D eigenvalue weighted by Gasteiger charge is 2.05. The van der Waals surface area contributed by atoms with Gasteiger partial charge in [-0.15, -0.1) is 0 Å². The van der Waals surface area contributed by atoms with Crippen LogP contribution in [-0.2, 0) is 13.2 Å². The molecule has 0 saturated carbocycles. The maximum Gasteiger partial charge on any atom is 0.213 e. The molecule has 112 valence electrons. The number of ether oxygens (including phenoxy) is 2. The van der Waals surface area contributed by atoms with Crippen molar-refractivity contribution in [2.24, 2.45) is 0 Å². The summed E-state index contributed by atoms with van der Waals surface area (Å²) >= 11 is 6.11. The summed E-state index contributed by atoms with van der Waals surface area (Å²) in [6.07, 6.45) is 0. The lowest BCUT2D eigenvalue weighted by Crippen LogP contribution is -2.13. The Balaban J connectivity index is 2.02. The van der Waals surface area contributed by atoms with Gasteiger partial charge in [0.15, 0.2) is 0 Å². The standard InChI is InChI=1S/C16H19ClN2O2/c1-3-18-10-15-14(17)7-8-16(19-15)21-11-12-5-4-6-13(9-12)20-2/h4-9,18H,3,10-11H2,1-2H3. The Kier molecular flexibility index (Phi) is 5.84. The number of rotatable bonds is 7. The Morgan fingerprint density at radius 1 is 1.24 bits per heavy atom. The highest BCUT2D eigenvalue weighted by atomic mass is 35.5. The van der Waals surface area contributed by atoms with Gasteiger partial charge in [0.2, 0.25) is 5.88 Å². The van der Waals surface area contributed by atoms with Gasteiger partial charge in [0.25, 0.3) is 0 Å². The fraction of sp³-hybridized carbons (Fsp3) is 0.312. The Hall–Kier alpha value is -1.78. The van der Waals surface area contributed by atoms with E-state index >= 15 is 0 Å². The van der Waals surface area contributed by atoms with Crippen LogP contribution in [0.1, 0.15) is 18.2 Å². The van der Waals surface area contributed by atoms with Gasteiger partial charge < -0.3 is 14.8 Å². The molecule has 2 rings (SSSR count). The van der Waals surface area contributed by atoms with E-state index in [1.54, 1.807) is 13.2 Å². The molecule has 0 radical (unpaired) electrons. The van der Waals surface area contributed by atoms with Crippen LogP contribution in [-0.4, -0.2) is 18.6 Å². The monoisotopic (exact) mass is 306 g/mol. The van der Waals surface area contributed by atoms with E-state index in [-0.39, 0.29) is 0 Å². The number of methoxy groups -OCH3 is 1. The Labute approximate surface area is 130 Å². The van der Waals surface area contributed by atoms with Crippen molar-refractivity contribution in [1.82, 2.24) is 10.3 Å². The second kappa shape index (κ2) is 7.86. The van der Waals surface area contributed by atoms with Crippen LogP contribution in [0.15, 0.2) is 36.4 Å². The van der Waals surface area contributed by atoms with Gasteiger partial charge in [-0.05, 0) is 30.3 Å². The van der Waals surface area contributed by atoms with E-state index in [4.69, 9.17) is 21.1 Å². The number of benzene rings is 1. The number of hydrogen-bond acceptors (Lipinski definition) is 4. The van der Waals surface area contributed by atoms with Crippen LogP contribution in [0.25, 0.3) is 0 Å². The number of nitrogens with zero attached hydrogens (tertiary/aromatic N) is 1. The van der Waals surface area contributed by atoms with Crippen molar-refractivity contribution in [2.45, 2.75) is 20.1 Å². The molecule has 1 aromatic heterocycles. The molecule has 1 N–H and O–H groups in total. The van der Waals surface area contributed by atoms with E-state index in [0.717, 1.165) is 23.6 Å². The SMILES string of the molecule is CCNCc1nc(OCc2cccc(OC)c2)ccc1Cl. The molecule has 0 bridgehead atoms. The molecule has 0 aliphatic carbocycles. The predicted molar refractivity (Wildman–Crippen MR) is 84.0 cm³/mol. The van der Waals surface area contributed by atoms with Crippen molar-refractivity contribution >= 4 is 11.6 Å². The summed E-state index contributed by atoms with van der Waals surface area (Å²) in [4.78, 5) is 4.42. The van der Waals surface area contributed by atoms with Gasteiger partial charge in [-0.3, -0.25) is 0 Å². The normalized spacial score (nSPS) is 10.4. The lowest BCUT2D eigenvalue weighted by molar-refractivity contribution is 0.292. The number of pyridine rings is 1. The Bertz CT molecular complexity index is 590. The molecule has 0 unspecified atom stereocenters. The first-order valence-corrected chi connectivity index (χ1v) is 7.22. The first-order chi connectivity index (χ1) is 10.2. The van der Waals surface area contributed by atoms with Gasteiger partial charge in [0, 0.05) is 12.6 Å². The molecular formula is C16H19ClN2O2. The molecule has 0 aliphatic rings. The van der Waals surface area contributed by atoms with Crippen LogP contribution in [0, 0.1) is 0 Å². The van der Waals surface area contributed by atoms with Crippen LogP contribution in [0.5, 0.6) is 11.6 Å². The maximum atomic E-state index is 6.11. The molecule has 1 heterocycles. The molecule has 5 heteroatoms. The molecule has 0 spiro atoms. The summed E-state index contributed by atoms with van der Waals surface area (Å²) in [6, 6.07) is 11.3. The van der Waals surface area contributed by atoms with E-state index < -0.39 is 0 Å². The van der Waals surface area contributed by atoms with Crippen molar-refractivity contribution in [1.29, 1.82) is 0 Å². The lowest BCUT2D eigenvalue weighted by Gasteiger charge is -2.09. The highest BCUT2D eigenvalue weighted by Crippen LogP contribution is 2.19. The van der Waals surface area contributed by atoms with Crippen molar-refractivity contribution in [3.05, 3.63) is 52.7 Å². The maximum absolute atomic E-state index is 6.11. The summed E-state index contributed by atoms with van der Waals surface area (Å²) in [5, 5.41) is 3.85. The third-order valence-corrected chi connectivity index (χ3v) is 3.30. The molecule has 1 aromatic carbocycles. The topological polar surface area (TPSA) is 43.4 Å². The molecule has 0 aliphatic heterocycles. The average molecular weight is 307 g/mol. The molecule has 2 aromatic rings. The van der Waals surface area contributed by atoms with Crippen molar-refractivity contribution < 1.29 is 9.47 Å². The largest absolute Gasteiger partial charge is 0.497 e. The fourth-order valence-electron chi connectivity index (χ4n) is 1.83. The molecule has 0 atom stereocenters. The number of halogens is 1. The molecular weight excluding hydrogens is 288 g/mol. The van der Waals surface area contributed by atoms with E-state index in [0.29, 0.717) is 24.1 Å². The third-order valence-electron chi connectivity index (χ3n) is 2.96. The van der Waals surface area contributed by atoms with Crippen LogP contribution >= 0.6 is 11.6 Å². The summed E-state index contributed by atoms with van der Waals surface area (Å²) in [5.41, 5.74) is 1.82. The summed E-state index contributed by atoms with van der Waals surface area (Å²) in [5.74, 6) is 1.38. The Morgan fingerprint density at radius 3 is 2.86 bits per heavy atom. The van der Waals surface area contributed by atoms with Gasteiger partial charge in [0.05, 0.1) is 17.8 Å². The zero-order valence-electron chi connectivity index (χ0n) is 12.2. The van der Waals surface area contributed by atoms with Crippen molar-refractivity contribution in [2.75, 3.05) is 13.7 Å². The fourth-order valence-corrected chi connectivity index (χ4v) is 2.00. The zero-order chi connectivity index (χ0) is 15.1. The van der Waals surface area contributed by atoms with Crippen LogP contribution < -0.4 is 14.8 Å². The average Bonchev–Trinajstić information content (AvgIpc) is 2.53. The molecule has 0 amide bonds. The quantitative estimate of drug-likeness (QED) is 0.851. The van der Waals surface area contributed by atoms with Gasteiger partial charge >= 0.3 is 0 Å². The van der Waals surface area contributed by atoms with Gasteiger partial charge in [-0.25, -0.2) is 4.98 Å². The number of aromatic nitrogens is 1. The van der Waals surface area contributed by atoms with Crippen LogP contribution in [0.3, 0.4) is 0 Å². The van der Waals surface area contributed by atoms with Crippen molar-refractivity contribution in [3.63, 3.8) is 0 Å². The minimum Gasteiger partial charge on any atom is -0.497 e. The molecule has 0 saturated heterocycles. The van der Waals surface area contributed by atoms with Gasteiger partial charge in [0.1, 0.15) is 12.4 Å². The second-order valence-electron chi connectivity index (χ2n) is 4.50. The van der Waals surface area contributed by atoms with E-state index in [1.165, 1.54) is 0 Å².